The van der Waals surface area contributed by atoms with Crippen molar-refractivity contribution in [1.82, 2.24) is 0 Å². The molecule has 6 unspecified atom stereocenters. The van der Waals surface area contributed by atoms with Crippen molar-refractivity contribution in [1.29, 1.82) is 0 Å². The third kappa shape index (κ3) is 3.26. The van der Waals surface area contributed by atoms with Gasteiger partial charge in [-0.3, -0.25) is 4.79 Å². The first-order valence-corrected chi connectivity index (χ1v) is 13.1. The van der Waals surface area contributed by atoms with Crippen LogP contribution in [0.15, 0.2) is 34.9 Å². The van der Waals surface area contributed by atoms with Crippen molar-refractivity contribution in [3.63, 3.8) is 0 Å². The van der Waals surface area contributed by atoms with Crippen molar-refractivity contribution in [2.75, 3.05) is 6.61 Å². The van der Waals surface area contributed by atoms with E-state index in [1.807, 2.05) is 0 Å². The summed E-state index contributed by atoms with van der Waals surface area (Å²) in [6.45, 7) is 16.5. The number of ketones is 1. The Hall–Kier alpha value is -1.15. The summed E-state index contributed by atoms with van der Waals surface area (Å²) in [5.41, 5.74) is 4.79. The van der Waals surface area contributed by atoms with Crippen molar-refractivity contribution in [3.05, 3.63) is 34.9 Å². The molecule has 0 aromatic carbocycles. The molecule has 0 aromatic rings. The van der Waals surface area contributed by atoms with Crippen molar-refractivity contribution < 1.29 is 9.90 Å². The highest BCUT2D eigenvalue weighted by Gasteiger charge is 2.63. The van der Waals surface area contributed by atoms with E-state index in [0.717, 1.165) is 38.5 Å². The Bertz CT molecular complexity index is 869. The largest absolute Gasteiger partial charge is 0.396 e. The normalized spacial score (nSPS) is 41.1. The van der Waals surface area contributed by atoms with Gasteiger partial charge in [0.2, 0.25) is 0 Å². The van der Waals surface area contributed by atoms with E-state index in [2.05, 4.69) is 66.7 Å². The number of allylic oxidation sites excluding steroid dienone is 6. The Morgan fingerprint density at radius 3 is 2.50 bits per heavy atom. The van der Waals surface area contributed by atoms with Crippen LogP contribution < -0.4 is 0 Å². The summed E-state index contributed by atoms with van der Waals surface area (Å²) in [4.78, 5) is 12.8. The van der Waals surface area contributed by atoms with Crippen LogP contribution in [0.4, 0.5) is 0 Å². The zero-order valence-electron chi connectivity index (χ0n) is 21.7. The lowest BCUT2D eigenvalue weighted by Crippen LogP contribution is -2.53. The van der Waals surface area contributed by atoms with Crippen molar-refractivity contribution in [2.24, 2.45) is 39.4 Å². The quantitative estimate of drug-likeness (QED) is 0.453. The second kappa shape index (κ2) is 7.97. The monoisotopic (exact) mass is 438 g/mol. The van der Waals surface area contributed by atoms with Gasteiger partial charge in [0.1, 0.15) is 5.78 Å². The van der Waals surface area contributed by atoms with Crippen LogP contribution in [0.25, 0.3) is 0 Å². The number of hydrogen-bond donors (Lipinski definition) is 1. The number of Topliss-reactive ketones (excluding diaryl/α,β-unsaturated/α-hetero) is 1. The summed E-state index contributed by atoms with van der Waals surface area (Å²) in [6.07, 6.45) is 15.9. The van der Waals surface area contributed by atoms with Crippen LogP contribution in [-0.4, -0.2) is 17.5 Å². The SMILES string of the molecule is CC(C)=CCCC(CO)C1CCC2(C)C3=CCC4C(C)(C)C(=O)CCC4(C)C3=CCC12C. The summed E-state index contributed by atoms with van der Waals surface area (Å²) in [5, 5.41) is 10.4. The van der Waals surface area contributed by atoms with Crippen LogP contribution in [0, 0.1) is 39.4 Å². The van der Waals surface area contributed by atoms with Gasteiger partial charge in [-0.1, -0.05) is 58.4 Å². The number of hydrogen-bond acceptors (Lipinski definition) is 2. The lowest BCUT2D eigenvalue weighted by atomic mass is 9.44. The molecule has 6 atom stereocenters. The Morgan fingerprint density at radius 2 is 1.84 bits per heavy atom. The van der Waals surface area contributed by atoms with Gasteiger partial charge in [0.05, 0.1) is 0 Å². The number of fused-ring (bicyclic) bond motifs is 5. The summed E-state index contributed by atoms with van der Waals surface area (Å²) in [5.74, 6) is 1.81. The van der Waals surface area contributed by atoms with E-state index in [1.165, 1.54) is 18.4 Å². The van der Waals surface area contributed by atoms with Crippen LogP contribution in [0.3, 0.4) is 0 Å². The molecular formula is C30H46O2. The highest BCUT2D eigenvalue weighted by molar-refractivity contribution is 5.86. The average molecular weight is 439 g/mol. The van der Waals surface area contributed by atoms with E-state index in [0.29, 0.717) is 30.1 Å². The van der Waals surface area contributed by atoms with Crippen molar-refractivity contribution in [2.45, 2.75) is 99.8 Å². The van der Waals surface area contributed by atoms with Gasteiger partial charge in [-0.05, 0) is 104 Å². The van der Waals surface area contributed by atoms with Gasteiger partial charge in [0, 0.05) is 18.4 Å². The van der Waals surface area contributed by atoms with Gasteiger partial charge >= 0.3 is 0 Å². The number of aliphatic hydroxyl groups excluding tert-OH is 1. The van der Waals surface area contributed by atoms with E-state index in [4.69, 9.17) is 0 Å². The first-order valence-electron chi connectivity index (χ1n) is 13.1. The van der Waals surface area contributed by atoms with Crippen LogP contribution >= 0.6 is 0 Å². The lowest BCUT2D eigenvalue weighted by Gasteiger charge is -2.59. The molecule has 1 N–H and O–H groups in total. The van der Waals surface area contributed by atoms with Crippen LogP contribution in [0.1, 0.15) is 99.8 Å². The van der Waals surface area contributed by atoms with E-state index < -0.39 is 0 Å². The van der Waals surface area contributed by atoms with Gasteiger partial charge in [-0.25, -0.2) is 0 Å². The summed E-state index contributed by atoms with van der Waals surface area (Å²) in [6, 6.07) is 0. The standard InChI is InChI=1S/C30H46O2/c1-20(2)9-8-10-21(19-31)22-13-17-30(7)24-11-12-25-27(3,4)26(32)15-16-28(25,5)23(24)14-18-29(22,30)6/h9,11,14,21-22,25,31H,8,10,12-13,15-19H2,1-7H3. The van der Waals surface area contributed by atoms with Crippen molar-refractivity contribution in [3.8, 4) is 0 Å². The first-order chi connectivity index (χ1) is 14.9. The Kier molecular flexibility index (Phi) is 5.97. The molecule has 0 bridgehead atoms. The molecule has 4 aliphatic carbocycles. The van der Waals surface area contributed by atoms with Gasteiger partial charge in [0.15, 0.2) is 0 Å². The van der Waals surface area contributed by atoms with Gasteiger partial charge in [0.25, 0.3) is 0 Å². The molecule has 2 saturated carbocycles. The zero-order valence-corrected chi connectivity index (χ0v) is 21.7. The maximum atomic E-state index is 12.8. The maximum absolute atomic E-state index is 12.8. The molecule has 178 valence electrons. The van der Waals surface area contributed by atoms with E-state index >= 15 is 0 Å². The molecule has 32 heavy (non-hydrogen) atoms. The molecule has 0 aromatic heterocycles. The average Bonchev–Trinajstić information content (AvgIpc) is 3.00. The number of carbonyl (C=O) groups is 1. The van der Waals surface area contributed by atoms with Crippen LogP contribution in [-0.2, 0) is 4.79 Å². The minimum absolute atomic E-state index is 0.115. The fourth-order valence-corrected chi connectivity index (χ4v) is 8.61. The number of carbonyl (C=O) groups excluding carboxylic acids is 1. The molecule has 2 heteroatoms. The molecule has 0 saturated heterocycles. The zero-order chi connectivity index (χ0) is 23.5. The second-order valence-corrected chi connectivity index (χ2v) is 13.0. The molecule has 0 radical (unpaired) electrons. The minimum atomic E-state index is -0.233. The topological polar surface area (TPSA) is 37.3 Å². The van der Waals surface area contributed by atoms with E-state index in [1.54, 1.807) is 11.1 Å². The first kappa shape index (κ1) is 24.0. The summed E-state index contributed by atoms with van der Waals surface area (Å²) >= 11 is 0. The second-order valence-electron chi connectivity index (χ2n) is 13.0. The summed E-state index contributed by atoms with van der Waals surface area (Å²) in [7, 11) is 0. The molecular weight excluding hydrogens is 392 g/mol. The Labute approximate surface area is 196 Å². The summed E-state index contributed by atoms with van der Waals surface area (Å²) < 4.78 is 0. The molecule has 2 fully saturated rings. The minimum Gasteiger partial charge on any atom is -0.396 e. The highest BCUT2D eigenvalue weighted by atomic mass is 16.3. The van der Waals surface area contributed by atoms with Gasteiger partial charge < -0.3 is 5.11 Å². The molecule has 4 aliphatic rings. The molecule has 0 spiro atoms. The smallest absolute Gasteiger partial charge is 0.138 e. The predicted molar refractivity (Wildman–Crippen MR) is 133 cm³/mol. The third-order valence-electron chi connectivity index (χ3n) is 10.9. The highest BCUT2D eigenvalue weighted by Crippen LogP contribution is 2.71. The predicted octanol–water partition coefficient (Wildman–Crippen LogP) is 7.44. The molecule has 4 rings (SSSR count). The Balaban J connectivity index is 1.68. The number of rotatable bonds is 5. The van der Waals surface area contributed by atoms with Gasteiger partial charge in [-0.15, -0.1) is 0 Å². The third-order valence-corrected chi connectivity index (χ3v) is 10.9. The van der Waals surface area contributed by atoms with Crippen molar-refractivity contribution >= 4 is 5.78 Å². The molecule has 0 aliphatic heterocycles. The van der Waals surface area contributed by atoms with Crippen LogP contribution in [0.2, 0.25) is 0 Å². The Morgan fingerprint density at radius 1 is 1.12 bits per heavy atom. The molecule has 0 amide bonds. The molecule has 2 nitrogen and oxygen atoms in total. The van der Waals surface area contributed by atoms with Gasteiger partial charge in [-0.2, -0.15) is 0 Å². The van der Waals surface area contributed by atoms with E-state index in [9.17, 15) is 9.90 Å². The maximum Gasteiger partial charge on any atom is 0.138 e. The fourth-order valence-electron chi connectivity index (χ4n) is 8.61. The fraction of sp³-hybridized carbons (Fsp3) is 0.767. The lowest BCUT2D eigenvalue weighted by molar-refractivity contribution is -0.138. The van der Waals surface area contributed by atoms with E-state index in [-0.39, 0.29) is 21.7 Å². The van der Waals surface area contributed by atoms with Crippen LogP contribution in [0.5, 0.6) is 0 Å². The number of aliphatic hydroxyl groups is 1. The molecule has 0 heterocycles.